The van der Waals surface area contributed by atoms with Crippen molar-refractivity contribution in [2.75, 3.05) is 13.1 Å². The van der Waals surface area contributed by atoms with Crippen LogP contribution in [0.4, 0.5) is 0 Å². The van der Waals surface area contributed by atoms with Crippen molar-refractivity contribution in [3.63, 3.8) is 0 Å². The van der Waals surface area contributed by atoms with Crippen molar-refractivity contribution in [1.82, 2.24) is 20.9 Å². The van der Waals surface area contributed by atoms with Crippen molar-refractivity contribution in [3.8, 4) is 0 Å². The minimum atomic E-state index is -0.342. The third-order valence-electron chi connectivity index (χ3n) is 3.12. The lowest BCUT2D eigenvalue weighted by Gasteiger charge is -2.07. The second-order valence-electron chi connectivity index (χ2n) is 5.02. The van der Waals surface area contributed by atoms with Crippen LogP contribution in [0.5, 0.6) is 0 Å². The molecule has 0 spiro atoms. The van der Waals surface area contributed by atoms with Crippen LogP contribution in [-0.2, 0) is 16.1 Å². The highest BCUT2D eigenvalue weighted by molar-refractivity contribution is 9.11. The zero-order valence-corrected chi connectivity index (χ0v) is 15.7. The molecule has 0 saturated carbocycles. The van der Waals surface area contributed by atoms with Crippen molar-refractivity contribution >= 4 is 45.0 Å². The van der Waals surface area contributed by atoms with E-state index in [4.69, 9.17) is 0 Å². The van der Waals surface area contributed by atoms with Gasteiger partial charge in [0.05, 0.1) is 15.2 Å². The summed E-state index contributed by atoms with van der Waals surface area (Å²) in [5, 5.41) is 7.88. The van der Waals surface area contributed by atoms with Gasteiger partial charge in [0, 0.05) is 31.9 Å². The molecule has 132 valence electrons. The highest BCUT2D eigenvalue weighted by Crippen LogP contribution is 2.21. The number of halogens is 1. The first-order valence-electron chi connectivity index (χ1n) is 7.50. The van der Waals surface area contributed by atoms with Gasteiger partial charge in [-0.1, -0.05) is 0 Å². The summed E-state index contributed by atoms with van der Waals surface area (Å²) in [5.74, 6) is -0.809. The van der Waals surface area contributed by atoms with Crippen molar-refractivity contribution < 1.29 is 14.4 Å². The van der Waals surface area contributed by atoms with Gasteiger partial charge in [0.25, 0.3) is 5.91 Å². The average molecular weight is 425 g/mol. The fourth-order valence-electron chi connectivity index (χ4n) is 1.85. The van der Waals surface area contributed by atoms with Crippen LogP contribution in [0.3, 0.4) is 0 Å². The minimum absolute atomic E-state index is 0.132. The van der Waals surface area contributed by atoms with Gasteiger partial charge >= 0.3 is 0 Å². The van der Waals surface area contributed by atoms with Crippen molar-refractivity contribution in [2.45, 2.75) is 13.0 Å². The summed E-state index contributed by atoms with van der Waals surface area (Å²) in [6.07, 6.45) is 3.48. The number of nitrogens with zero attached hydrogens (tertiary/aromatic N) is 1. The summed E-state index contributed by atoms with van der Waals surface area (Å²) in [5.41, 5.74) is 0.954. The molecule has 2 aromatic heterocycles. The Hall–Kier alpha value is -2.26. The molecule has 0 aromatic carbocycles. The van der Waals surface area contributed by atoms with E-state index in [0.29, 0.717) is 11.4 Å². The lowest BCUT2D eigenvalue weighted by molar-refractivity contribution is -0.122. The normalized spacial score (nSPS) is 10.1. The zero-order valence-electron chi connectivity index (χ0n) is 13.3. The summed E-state index contributed by atoms with van der Waals surface area (Å²) >= 11 is 4.56. The molecule has 0 radical (unpaired) electrons. The van der Waals surface area contributed by atoms with E-state index in [1.165, 1.54) is 11.3 Å². The highest BCUT2D eigenvalue weighted by Gasteiger charge is 2.10. The Bertz CT molecular complexity index is 736. The molecule has 25 heavy (non-hydrogen) atoms. The molecular weight excluding hydrogens is 408 g/mol. The van der Waals surface area contributed by atoms with E-state index in [0.717, 1.165) is 9.35 Å². The number of hydrogen-bond donors (Lipinski definition) is 3. The molecule has 3 amide bonds. The maximum atomic E-state index is 11.8. The molecule has 0 aliphatic carbocycles. The summed E-state index contributed by atoms with van der Waals surface area (Å²) in [4.78, 5) is 39.6. The van der Waals surface area contributed by atoms with Crippen molar-refractivity contribution in [2.24, 2.45) is 0 Å². The lowest BCUT2D eigenvalue weighted by Crippen LogP contribution is -2.38. The summed E-state index contributed by atoms with van der Waals surface area (Å²) in [6.45, 7) is 0.496. The van der Waals surface area contributed by atoms with Crippen LogP contribution < -0.4 is 16.0 Å². The highest BCUT2D eigenvalue weighted by atomic mass is 79.9. The number of amides is 3. The molecule has 0 aliphatic rings. The van der Waals surface area contributed by atoms with E-state index < -0.39 is 0 Å². The molecule has 7 nitrogen and oxygen atoms in total. The quantitative estimate of drug-likeness (QED) is 0.596. The summed E-state index contributed by atoms with van der Waals surface area (Å²) in [7, 11) is 0. The molecule has 2 rings (SSSR count). The number of aromatic nitrogens is 1. The Kier molecular flexibility index (Phi) is 7.55. The number of carbonyl (C=O) groups is 3. The summed E-state index contributed by atoms with van der Waals surface area (Å²) in [6, 6.07) is 7.08. The molecule has 0 atom stereocenters. The molecule has 2 heterocycles. The van der Waals surface area contributed by atoms with Gasteiger partial charge in [-0.05, 0) is 45.8 Å². The van der Waals surface area contributed by atoms with E-state index in [1.807, 2.05) is 12.1 Å². The Balaban J connectivity index is 1.58. The monoisotopic (exact) mass is 424 g/mol. The largest absolute Gasteiger partial charge is 0.354 e. The fraction of sp³-hybridized carbons (Fsp3) is 0.250. The number of carbonyl (C=O) groups excluding carboxylic acids is 3. The van der Waals surface area contributed by atoms with Gasteiger partial charge in [-0.2, -0.15) is 0 Å². The van der Waals surface area contributed by atoms with Crippen LogP contribution in [0.1, 0.15) is 21.7 Å². The average Bonchev–Trinajstić information content (AvgIpc) is 3.05. The molecule has 0 bridgehead atoms. The molecule has 3 N–H and O–H groups in total. The van der Waals surface area contributed by atoms with E-state index in [2.05, 4.69) is 36.9 Å². The van der Waals surface area contributed by atoms with Gasteiger partial charge in [0.15, 0.2) is 0 Å². The zero-order chi connectivity index (χ0) is 18.1. The van der Waals surface area contributed by atoms with Gasteiger partial charge in [0.2, 0.25) is 11.8 Å². The van der Waals surface area contributed by atoms with E-state index in [-0.39, 0.29) is 37.2 Å². The minimum Gasteiger partial charge on any atom is -0.354 e. The van der Waals surface area contributed by atoms with E-state index in [1.54, 1.807) is 24.5 Å². The molecule has 9 heteroatoms. The first-order valence-corrected chi connectivity index (χ1v) is 9.11. The van der Waals surface area contributed by atoms with E-state index in [9.17, 15) is 14.4 Å². The van der Waals surface area contributed by atoms with Gasteiger partial charge in [0.1, 0.15) is 0 Å². The van der Waals surface area contributed by atoms with Gasteiger partial charge in [-0.15, -0.1) is 11.3 Å². The predicted molar refractivity (Wildman–Crippen MR) is 98.1 cm³/mol. The molecular formula is C16H17BrN4O3S. The standard InChI is InChI=1S/C16H17BrN4O3S/c17-13-2-1-12(25-13)16(24)21-10-15(23)19-8-5-14(22)20-9-11-3-6-18-7-4-11/h1-4,6-7H,5,8-10H2,(H,19,23)(H,20,22)(H,21,24). The van der Waals surface area contributed by atoms with Crippen LogP contribution in [-0.4, -0.2) is 35.8 Å². The van der Waals surface area contributed by atoms with Gasteiger partial charge in [-0.3, -0.25) is 19.4 Å². The Morgan fingerprint density at radius 3 is 2.44 bits per heavy atom. The van der Waals surface area contributed by atoms with Crippen LogP contribution in [0.15, 0.2) is 40.4 Å². The molecule has 2 aromatic rings. The number of rotatable bonds is 8. The second kappa shape index (κ2) is 9.90. The van der Waals surface area contributed by atoms with Crippen LogP contribution in [0, 0.1) is 0 Å². The molecule has 0 fully saturated rings. The predicted octanol–water partition coefficient (Wildman–Crippen LogP) is 1.46. The number of pyridine rings is 1. The van der Waals surface area contributed by atoms with Crippen molar-refractivity contribution in [3.05, 3.63) is 50.9 Å². The third-order valence-corrected chi connectivity index (χ3v) is 4.74. The van der Waals surface area contributed by atoms with Crippen LogP contribution >= 0.6 is 27.3 Å². The maximum Gasteiger partial charge on any atom is 0.261 e. The first-order chi connectivity index (χ1) is 12.0. The lowest BCUT2D eigenvalue weighted by atomic mass is 10.2. The fourth-order valence-corrected chi connectivity index (χ4v) is 3.15. The van der Waals surface area contributed by atoms with Gasteiger partial charge in [-0.25, -0.2) is 0 Å². The van der Waals surface area contributed by atoms with E-state index >= 15 is 0 Å². The van der Waals surface area contributed by atoms with Crippen LogP contribution in [0.2, 0.25) is 0 Å². The Morgan fingerprint density at radius 1 is 1.00 bits per heavy atom. The third kappa shape index (κ3) is 7.02. The topological polar surface area (TPSA) is 100 Å². The Labute approximate surface area is 157 Å². The SMILES string of the molecule is O=C(CCNC(=O)CNC(=O)c1ccc(Br)s1)NCc1ccncc1. The molecule has 0 unspecified atom stereocenters. The number of nitrogens with one attached hydrogen (secondary N) is 3. The maximum absolute atomic E-state index is 11.8. The first kappa shape index (κ1) is 19.1. The second-order valence-corrected chi connectivity index (χ2v) is 7.48. The molecule has 0 aliphatic heterocycles. The van der Waals surface area contributed by atoms with Gasteiger partial charge < -0.3 is 16.0 Å². The van der Waals surface area contributed by atoms with Crippen molar-refractivity contribution in [1.29, 1.82) is 0 Å². The Morgan fingerprint density at radius 2 is 1.76 bits per heavy atom. The van der Waals surface area contributed by atoms with Crippen LogP contribution in [0.25, 0.3) is 0 Å². The number of hydrogen-bond acceptors (Lipinski definition) is 5. The smallest absolute Gasteiger partial charge is 0.261 e. The molecule has 0 saturated heterocycles. The number of thiophene rings is 1. The summed E-state index contributed by atoms with van der Waals surface area (Å²) < 4.78 is 0.847.